The van der Waals surface area contributed by atoms with Crippen molar-refractivity contribution in [1.82, 2.24) is 4.90 Å². The van der Waals surface area contributed by atoms with Gasteiger partial charge in [-0.3, -0.25) is 9.69 Å². The number of carboxylic acids is 1. The number of amides is 1. The van der Waals surface area contributed by atoms with Gasteiger partial charge >= 0.3 is 5.97 Å². The van der Waals surface area contributed by atoms with Gasteiger partial charge in [-0.25, -0.2) is 9.79 Å². The molecule has 6 nitrogen and oxygen atoms in total. The van der Waals surface area contributed by atoms with Crippen LogP contribution in [0.25, 0.3) is 6.08 Å². The summed E-state index contributed by atoms with van der Waals surface area (Å²) in [5.74, 6) is -0.963. The number of carbonyl (C=O) groups is 2. The minimum Gasteiger partial charge on any atom is -0.508 e. The average molecular weight is 368 g/mol. The summed E-state index contributed by atoms with van der Waals surface area (Å²) >= 11 is 1.26. The van der Waals surface area contributed by atoms with Crippen molar-refractivity contribution in [2.45, 2.75) is 6.92 Å². The minimum absolute atomic E-state index is 0.133. The fraction of sp³-hybridized carbons (Fsp3) is 0.105. The molecule has 0 aromatic heterocycles. The fourth-order valence-electron chi connectivity index (χ4n) is 2.38. The van der Waals surface area contributed by atoms with Gasteiger partial charge in [0.15, 0.2) is 5.17 Å². The first-order valence-electron chi connectivity index (χ1n) is 7.90. The van der Waals surface area contributed by atoms with Crippen LogP contribution in [0.15, 0.2) is 58.4 Å². The van der Waals surface area contributed by atoms with Gasteiger partial charge in [0.05, 0.1) is 16.2 Å². The number of aromatic hydroxyl groups is 1. The zero-order valence-electron chi connectivity index (χ0n) is 13.9. The van der Waals surface area contributed by atoms with Crippen LogP contribution in [0, 0.1) is 0 Å². The molecule has 132 valence electrons. The van der Waals surface area contributed by atoms with E-state index in [1.54, 1.807) is 47.4 Å². The summed E-state index contributed by atoms with van der Waals surface area (Å²) in [7, 11) is 0. The number of amidine groups is 1. The first-order chi connectivity index (χ1) is 12.5. The number of rotatable bonds is 4. The second kappa shape index (κ2) is 7.45. The lowest BCUT2D eigenvalue weighted by molar-refractivity contribution is -0.122. The second-order valence-electron chi connectivity index (χ2n) is 5.50. The number of aromatic carboxylic acids is 1. The molecule has 7 heteroatoms. The highest BCUT2D eigenvalue weighted by molar-refractivity contribution is 8.18. The number of hydrogen-bond acceptors (Lipinski definition) is 5. The minimum atomic E-state index is -0.996. The third kappa shape index (κ3) is 3.78. The lowest BCUT2D eigenvalue weighted by Crippen LogP contribution is -2.28. The number of benzene rings is 2. The van der Waals surface area contributed by atoms with E-state index < -0.39 is 5.97 Å². The Kier molecular flexibility index (Phi) is 5.09. The highest BCUT2D eigenvalue weighted by Crippen LogP contribution is 2.34. The molecule has 3 rings (SSSR count). The van der Waals surface area contributed by atoms with Gasteiger partial charge in [0.1, 0.15) is 5.75 Å². The van der Waals surface area contributed by atoms with Gasteiger partial charge in [0.2, 0.25) is 0 Å². The van der Waals surface area contributed by atoms with Crippen LogP contribution in [-0.4, -0.2) is 38.7 Å². The van der Waals surface area contributed by atoms with Crippen molar-refractivity contribution in [2.24, 2.45) is 4.99 Å². The van der Waals surface area contributed by atoms with E-state index in [2.05, 4.69) is 4.99 Å². The maximum Gasteiger partial charge on any atom is 0.335 e. The molecule has 2 N–H and O–H groups in total. The van der Waals surface area contributed by atoms with Gasteiger partial charge in [-0.15, -0.1) is 0 Å². The highest BCUT2D eigenvalue weighted by Gasteiger charge is 2.32. The summed E-state index contributed by atoms with van der Waals surface area (Å²) in [4.78, 5) is 30.1. The van der Waals surface area contributed by atoms with E-state index in [4.69, 9.17) is 5.11 Å². The Morgan fingerprint density at radius 1 is 1.15 bits per heavy atom. The summed E-state index contributed by atoms with van der Waals surface area (Å²) < 4.78 is 0. The molecule has 1 aliphatic rings. The Morgan fingerprint density at radius 2 is 1.81 bits per heavy atom. The summed E-state index contributed by atoms with van der Waals surface area (Å²) in [5, 5.41) is 18.9. The first kappa shape index (κ1) is 17.8. The van der Waals surface area contributed by atoms with Gasteiger partial charge in [0.25, 0.3) is 5.91 Å². The van der Waals surface area contributed by atoms with Crippen LogP contribution in [0.5, 0.6) is 5.75 Å². The normalized spacial score (nSPS) is 17.3. The van der Waals surface area contributed by atoms with Gasteiger partial charge in [-0.2, -0.15) is 0 Å². The number of aliphatic imine (C=N–C) groups is 1. The fourth-order valence-corrected chi connectivity index (χ4v) is 3.44. The Morgan fingerprint density at radius 3 is 2.38 bits per heavy atom. The van der Waals surface area contributed by atoms with Crippen molar-refractivity contribution < 1.29 is 19.8 Å². The molecule has 0 spiro atoms. The number of hydrogen-bond donors (Lipinski definition) is 2. The molecule has 1 saturated heterocycles. The lowest BCUT2D eigenvalue weighted by atomic mass is 10.2. The van der Waals surface area contributed by atoms with Gasteiger partial charge in [-0.05, 0) is 66.7 Å². The third-order valence-corrected chi connectivity index (χ3v) is 4.74. The standard InChI is InChI=1S/C19H16N2O4S/c1-2-21-17(23)16(11-12-3-9-15(22)10-4-12)26-19(21)20-14-7-5-13(6-8-14)18(24)25/h3-11,22H,2H2,1H3,(H,24,25)/b16-11-,20-19?. The molecular formula is C19H16N2O4S. The highest BCUT2D eigenvalue weighted by atomic mass is 32.2. The molecule has 1 fully saturated rings. The number of carbonyl (C=O) groups excluding carboxylic acids is 1. The van der Waals surface area contributed by atoms with Gasteiger partial charge in [0, 0.05) is 6.54 Å². The predicted molar refractivity (Wildman–Crippen MR) is 102 cm³/mol. The topological polar surface area (TPSA) is 90.2 Å². The molecule has 0 unspecified atom stereocenters. The van der Waals surface area contributed by atoms with Crippen LogP contribution in [-0.2, 0) is 4.79 Å². The first-order valence-corrected chi connectivity index (χ1v) is 8.72. The van der Waals surface area contributed by atoms with Crippen molar-refractivity contribution in [3.05, 3.63) is 64.6 Å². The SMILES string of the molecule is CCN1C(=O)/C(=C/c2ccc(O)cc2)SC1=Nc1ccc(C(=O)O)cc1. The molecule has 2 aromatic carbocycles. The van der Waals surface area contributed by atoms with Crippen LogP contribution in [0.2, 0.25) is 0 Å². The van der Waals surface area contributed by atoms with Crippen molar-refractivity contribution in [3.8, 4) is 5.75 Å². The number of phenols is 1. The van der Waals surface area contributed by atoms with E-state index in [1.807, 2.05) is 6.92 Å². The largest absolute Gasteiger partial charge is 0.508 e. The number of thioether (sulfide) groups is 1. The van der Waals surface area contributed by atoms with Crippen LogP contribution in [0.4, 0.5) is 5.69 Å². The molecule has 0 radical (unpaired) electrons. The molecule has 0 bridgehead atoms. The zero-order valence-corrected chi connectivity index (χ0v) is 14.7. The molecule has 0 aliphatic carbocycles. The Labute approximate surface area is 154 Å². The van der Waals surface area contributed by atoms with Crippen LogP contribution in [0.3, 0.4) is 0 Å². The van der Waals surface area contributed by atoms with Gasteiger partial charge in [-0.1, -0.05) is 12.1 Å². The van der Waals surface area contributed by atoms with Crippen molar-refractivity contribution in [2.75, 3.05) is 6.54 Å². The molecule has 2 aromatic rings. The van der Waals surface area contributed by atoms with E-state index in [-0.39, 0.29) is 17.2 Å². The third-order valence-electron chi connectivity index (χ3n) is 3.73. The summed E-state index contributed by atoms with van der Waals surface area (Å²) in [6, 6.07) is 12.8. The molecule has 0 atom stereocenters. The van der Waals surface area contributed by atoms with Crippen molar-refractivity contribution >= 4 is 40.6 Å². The number of phenolic OH excluding ortho intramolecular Hbond substituents is 1. The predicted octanol–water partition coefficient (Wildman–Crippen LogP) is 3.71. The van der Waals surface area contributed by atoms with E-state index in [9.17, 15) is 14.7 Å². The van der Waals surface area contributed by atoms with Crippen molar-refractivity contribution in [1.29, 1.82) is 0 Å². The Bertz CT molecular complexity index is 902. The Balaban J connectivity index is 1.89. The number of likely N-dealkylation sites (N-methyl/N-ethyl adjacent to an activating group) is 1. The van der Waals surface area contributed by atoms with E-state index >= 15 is 0 Å². The maximum absolute atomic E-state index is 12.6. The van der Waals surface area contributed by atoms with Crippen LogP contribution >= 0.6 is 11.8 Å². The quantitative estimate of drug-likeness (QED) is 0.803. The number of nitrogens with zero attached hydrogens (tertiary/aromatic N) is 2. The molecular weight excluding hydrogens is 352 g/mol. The van der Waals surface area contributed by atoms with Gasteiger partial charge < -0.3 is 10.2 Å². The van der Waals surface area contributed by atoms with Crippen LogP contribution in [0.1, 0.15) is 22.8 Å². The monoisotopic (exact) mass is 368 g/mol. The van der Waals surface area contributed by atoms with E-state index in [0.717, 1.165) is 5.56 Å². The van der Waals surface area contributed by atoms with E-state index in [0.29, 0.717) is 22.3 Å². The Hall–Kier alpha value is -3.06. The molecule has 1 heterocycles. The lowest BCUT2D eigenvalue weighted by Gasteiger charge is -2.12. The maximum atomic E-state index is 12.6. The number of carboxylic acid groups (broad SMARTS) is 1. The summed E-state index contributed by atoms with van der Waals surface area (Å²) in [6.45, 7) is 2.34. The molecule has 0 saturated carbocycles. The molecule has 26 heavy (non-hydrogen) atoms. The average Bonchev–Trinajstić information content (AvgIpc) is 2.92. The molecule has 1 amide bonds. The van der Waals surface area contributed by atoms with Crippen LogP contribution < -0.4 is 0 Å². The van der Waals surface area contributed by atoms with E-state index in [1.165, 1.54) is 23.9 Å². The summed E-state index contributed by atoms with van der Waals surface area (Å²) in [5.41, 5.74) is 1.57. The summed E-state index contributed by atoms with van der Waals surface area (Å²) in [6.07, 6.45) is 1.76. The second-order valence-corrected chi connectivity index (χ2v) is 6.51. The molecule has 1 aliphatic heterocycles. The zero-order chi connectivity index (χ0) is 18.7. The van der Waals surface area contributed by atoms with Crippen molar-refractivity contribution in [3.63, 3.8) is 0 Å². The smallest absolute Gasteiger partial charge is 0.335 e.